The topological polar surface area (TPSA) is 51.2 Å². The maximum absolute atomic E-state index is 5.56. The maximum Gasteiger partial charge on any atom is 0.169 e. The first kappa shape index (κ1) is 12.8. The van der Waals surface area contributed by atoms with Crippen molar-refractivity contribution in [3.63, 3.8) is 0 Å². The van der Waals surface area contributed by atoms with E-state index in [4.69, 9.17) is 10.3 Å². The van der Waals surface area contributed by atoms with E-state index in [0.29, 0.717) is 4.67 Å². The molecule has 0 saturated heterocycles. The van der Waals surface area contributed by atoms with Crippen molar-refractivity contribution in [2.45, 2.75) is 12.5 Å². The number of hydrogen-bond acceptors (Lipinski definition) is 3. The van der Waals surface area contributed by atoms with E-state index in [9.17, 15) is 0 Å². The van der Waals surface area contributed by atoms with Crippen LogP contribution in [0.3, 0.4) is 0 Å². The molecule has 1 aromatic carbocycles. The molecule has 0 saturated carbocycles. The Hall–Kier alpha value is -0.620. The van der Waals surface area contributed by atoms with E-state index < -0.39 is 0 Å². The van der Waals surface area contributed by atoms with Crippen molar-refractivity contribution in [1.29, 1.82) is 0 Å². The lowest BCUT2D eigenvalue weighted by Crippen LogP contribution is -2.29. The summed E-state index contributed by atoms with van der Waals surface area (Å²) in [6, 6.07) is 11.9. The molecule has 0 radical (unpaired) electrons. The zero-order valence-electron chi connectivity index (χ0n) is 8.99. The fourth-order valence-electron chi connectivity index (χ4n) is 1.66. The molecule has 1 aromatic heterocycles. The quantitative estimate of drug-likeness (QED) is 0.648. The Morgan fingerprint density at radius 2 is 2.06 bits per heavy atom. The Morgan fingerprint density at radius 1 is 1.24 bits per heavy atom. The van der Waals surface area contributed by atoms with Crippen molar-refractivity contribution < 1.29 is 4.42 Å². The Kier molecular flexibility index (Phi) is 4.39. The van der Waals surface area contributed by atoms with Crippen molar-refractivity contribution in [3.05, 3.63) is 56.9 Å². The van der Waals surface area contributed by atoms with Crippen LogP contribution >= 0.6 is 31.9 Å². The third kappa shape index (κ3) is 3.42. The fraction of sp³-hybridized carbons (Fsp3) is 0.167. The number of benzene rings is 1. The van der Waals surface area contributed by atoms with E-state index >= 15 is 0 Å². The van der Waals surface area contributed by atoms with E-state index in [1.165, 1.54) is 5.56 Å². The smallest absolute Gasteiger partial charge is 0.169 e. The van der Waals surface area contributed by atoms with Crippen LogP contribution in [0.25, 0.3) is 0 Å². The van der Waals surface area contributed by atoms with Crippen molar-refractivity contribution in [2.75, 3.05) is 0 Å². The van der Waals surface area contributed by atoms with Crippen LogP contribution in [0.15, 0.2) is 50.0 Å². The molecule has 2 aromatic rings. The molecule has 1 heterocycles. The third-order valence-corrected chi connectivity index (χ3v) is 3.39. The molecule has 3 N–H and O–H groups in total. The lowest BCUT2D eigenvalue weighted by molar-refractivity contribution is 0.404. The predicted molar refractivity (Wildman–Crippen MR) is 74.3 cm³/mol. The average Bonchev–Trinajstić information content (AvgIpc) is 2.73. The lowest BCUT2D eigenvalue weighted by Gasteiger charge is -2.13. The van der Waals surface area contributed by atoms with Gasteiger partial charge < -0.3 is 4.42 Å². The van der Waals surface area contributed by atoms with Gasteiger partial charge in [0, 0.05) is 4.47 Å². The van der Waals surface area contributed by atoms with Crippen LogP contribution in [0, 0.1) is 0 Å². The molecule has 1 atom stereocenters. The Morgan fingerprint density at radius 3 is 2.65 bits per heavy atom. The van der Waals surface area contributed by atoms with Crippen LogP contribution in [-0.2, 0) is 6.42 Å². The zero-order valence-corrected chi connectivity index (χ0v) is 12.2. The zero-order chi connectivity index (χ0) is 12.3. The standard InChI is InChI=1S/C12H12Br2N2O/c13-9-3-1-2-8(6-9)7-10(16-15)11-4-5-12(14)17-11/h1-6,10,16H,7,15H2. The van der Waals surface area contributed by atoms with Crippen LogP contribution in [0.4, 0.5) is 0 Å². The minimum atomic E-state index is -0.0319. The van der Waals surface area contributed by atoms with Gasteiger partial charge in [-0.1, -0.05) is 28.1 Å². The van der Waals surface area contributed by atoms with Crippen LogP contribution in [0.5, 0.6) is 0 Å². The molecule has 0 aliphatic carbocycles. The van der Waals surface area contributed by atoms with Crippen LogP contribution in [0.1, 0.15) is 17.4 Å². The molecule has 90 valence electrons. The van der Waals surface area contributed by atoms with Gasteiger partial charge in [0.25, 0.3) is 0 Å². The van der Waals surface area contributed by atoms with Gasteiger partial charge in [-0.2, -0.15) is 0 Å². The van der Waals surface area contributed by atoms with Crippen molar-refractivity contribution in [1.82, 2.24) is 5.43 Å². The summed E-state index contributed by atoms with van der Waals surface area (Å²) >= 11 is 6.74. The highest BCUT2D eigenvalue weighted by atomic mass is 79.9. The minimum Gasteiger partial charge on any atom is -0.453 e. The SMILES string of the molecule is NNC(Cc1cccc(Br)c1)c1ccc(Br)o1. The first-order valence-electron chi connectivity index (χ1n) is 5.15. The van der Waals surface area contributed by atoms with Crippen molar-refractivity contribution >= 4 is 31.9 Å². The third-order valence-electron chi connectivity index (χ3n) is 2.47. The molecule has 0 fully saturated rings. The number of nitrogens with one attached hydrogen (secondary N) is 1. The molecule has 5 heteroatoms. The number of hydrogen-bond donors (Lipinski definition) is 2. The summed E-state index contributed by atoms with van der Waals surface area (Å²) in [4.78, 5) is 0. The van der Waals surface area contributed by atoms with E-state index in [2.05, 4.69) is 49.4 Å². The largest absolute Gasteiger partial charge is 0.453 e. The van der Waals surface area contributed by atoms with Crippen molar-refractivity contribution in [2.24, 2.45) is 5.84 Å². The Bertz CT molecular complexity index is 499. The second-order valence-corrected chi connectivity index (χ2v) is 5.39. The van der Waals surface area contributed by atoms with E-state index in [-0.39, 0.29) is 6.04 Å². The molecule has 1 unspecified atom stereocenters. The summed E-state index contributed by atoms with van der Waals surface area (Å²) in [5.41, 5.74) is 3.96. The van der Waals surface area contributed by atoms with Crippen LogP contribution in [0.2, 0.25) is 0 Å². The van der Waals surface area contributed by atoms with Gasteiger partial charge in [-0.15, -0.1) is 0 Å². The average molecular weight is 360 g/mol. The normalized spacial score (nSPS) is 12.6. The monoisotopic (exact) mass is 358 g/mol. The molecular weight excluding hydrogens is 348 g/mol. The van der Waals surface area contributed by atoms with Gasteiger partial charge in [-0.05, 0) is 52.2 Å². The predicted octanol–water partition coefficient (Wildman–Crippen LogP) is 3.55. The number of nitrogens with two attached hydrogens (primary N) is 1. The van der Waals surface area contributed by atoms with Gasteiger partial charge >= 0.3 is 0 Å². The summed E-state index contributed by atoms with van der Waals surface area (Å²) in [5.74, 6) is 6.38. The summed E-state index contributed by atoms with van der Waals surface area (Å²) in [6.45, 7) is 0. The van der Waals surface area contributed by atoms with Crippen LogP contribution < -0.4 is 11.3 Å². The highest BCUT2D eigenvalue weighted by Gasteiger charge is 2.14. The summed E-state index contributed by atoms with van der Waals surface area (Å²) in [7, 11) is 0. The number of furan rings is 1. The molecule has 3 nitrogen and oxygen atoms in total. The molecule has 2 rings (SSSR count). The number of halogens is 2. The number of hydrazine groups is 1. The van der Waals surface area contributed by atoms with E-state index in [1.807, 2.05) is 24.3 Å². The molecular formula is C12H12Br2N2O. The van der Waals surface area contributed by atoms with Gasteiger partial charge in [0.05, 0.1) is 6.04 Å². The van der Waals surface area contributed by atoms with E-state index in [0.717, 1.165) is 16.7 Å². The molecule has 0 amide bonds. The highest BCUT2D eigenvalue weighted by Crippen LogP contribution is 2.24. The Labute approximate surface area is 117 Å². The van der Waals surface area contributed by atoms with Crippen molar-refractivity contribution in [3.8, 4) is 0 Å². The fourth-order valence-corrected chi connectivity index (χ4v) is 2.42. The van der Waals surface area contributed by atoms with Gasteiger partial charge in [-0.3, -0.25) is 5.84 Å². The van der Waals surface area contributed by atoms with Gasteiger partial charge in [0.2, 0.25) is 0 Å². The molecule has 0 spiro atoms. The summed E-state index contributed by atoms with van der Waals surface area (Å²) in [6.07, 6.45) is 0.774. The Balaban J connectivity index is 2.15. The molecule has 0 aliphatic heterocycles. The second kappa shape index (κ2) is 5.82. The first-order chi connectivity index (χ1) is 8.19. The van der Waals surface area contributed by atoms with E-state index in [1.54, 1.807) is 0 Å². The van der Waals surface area contributed by atoms with Gasteiger partial charge in [-0.25, -0.2) is 5.43 Å². The lowest BCUT2D eigenvalue weighted by atomic mass is 10.0. The molecule has 17 heavy (non-hydrogen) atoms. The second-order valence-electron chi connectivity index (χ2n) is 3.70. The van der Waals surface area contributed by atoms with Crippen LogP contribution in [-0.4, -0.2) is 0 Å². The molecule has 0 bridgehead atoms. The van der Waals surface area contributed by atoms with Gasteiger partial charge in [0.15, 0.2) is 4.67 Å². The number of rotatable bonds is 4. The highest BCUT2D eigenvalue weighted by molar-refractivity contribution is 9.10. The molecule has 0 aliphatic rings. The minimum absolute atomic E-state index is 0.0319. The maximum atomic E-state index is 5.56. The summed E-state index contributed by atoms with van der Waals surface area (Å²) in [5, 5.41) is 0. The summed E-state index contributed by atoms with van der Waals surface area (Å²) < 4.78 is 7.27. The van der Waals surface area contributed by atoms with Gasteiger partial charge in [0.1, 0.15) is 5.76 Å². The first-order valence-corrected chi connectivity index (χ1v) is 6.73.